The van der Waals surface area contributed by atoms with Crippen LogP contribution in [0.5, 0.6) is 0 Å². The molecule has 1 aliphatic heterocycles. The molecule has 2 unspecified atom stereocenters. The number of hydrogen-bond donors (Lipinski definition) is 1. The first kappa shape index (κ1) is 24.3. The summed E-state index contributed by atoms with van der Waals surface area (Å²) in [5.41, 5.74) is 2.11. The first-order chi connectivity index (χ1) is 16.0. The third-order valence-electron chi connectivity index (χ3n) is 5.91. The first-order valence-electron chi connectivity index (χ1n) is 11.4. The molecule has 0 radical (unpaired) electrons. The van der Waals surface area contributed by atoms with Crippen LogP contribution in [0.3, 0.4) is 0 Å². The van der Waals surface area contributed by atoms with Crippen molar-refractivity contribution in [3.8, 4) is 0 Å². The molecule has 1 fully saturated rings. The maximum absolute atomic E-state index is 12.8. The second-order valence-electron chi connectivity index (χ2n) is 8.55. The summed E-state index contributed by atoms with van der Waals surface area (Å²) in [5, 5.41) is 2.78. The van der Waals surface area contributed by atoms with Crippen LogP contribution in [0.2, 0.25) is 0 Å². The van der Waals surface area contributed by atoms with Gasteiger partial charge in [0.05, 0.1) is 7.11 Å². The molecule has 7 heteroatoms. The summed E-state index contributed by atoms with van der Waals surface area (Å²) < 4.78 is 4.86. The summed E-state index contributed by atoms with van der Waals surface area (Å²) in [7, 11) is 1.31. The Morgan fingerprint density at radius 1 is 0.909 bits per heavy atom. The summed E-state index contributed by atoms with van der Waals surface area (Å²) in [6, 6.07) is 18.9. The van der Waals surface area contributed by atoms with Gasteiger partial charge >= 0.3 is 5.97 Å². The molecular formula is C26H33N3O4. The van der Waals surface area contributed by atoms with Gasteiger partial charge in [0.2, 0.25) is 11.8 Å². The van der Waals surface area contributed by atoms with Crippen LogP contribution >= 0.6 is 0 Å². The third kappa shape index (κ3) is 7.34. The number of esters is 1. The summed E-state index contributed by atoms with van der Waals surface area (Å²) in [5.74, 6) is -0.792. The Morgan fingerprint density at radius 3 is 2.12 bits per heavy atom. The molecule has 1 heterocycles. The molecule has 1 aliphatic rings. The highest BCUT2D eigenvalue weighted by Gasteiger charge is 2.25. The molecule has 0 bridgehead atoms. The normalized spacial score (nSPS) is 15.5. The predicted molar refractivity (Wildman–Crippen MR) is 128 cm³/mol. The van der Waals surface area contributed by atoms with E-state index in [1.807, 2.05) is 60.4 Å². The molecule has 0 spiro atoms. The van der Waals surface area contributed by atoms with Gasteiger partial charge in [-0.3, -0.25) is 9.59 Å². The van der Waals surface area contributed by atoms with Crippen LogP contribution in [0.15, 0.2) is 60.7 Å². The molecule has 2 atom stereocenters. The van der Waals surface area contributed by atoms with Gasteiger partial charge in [-0.25, -0.2) is 4.79 Å². The topological polar surface area (TPSA) is 78.9 Å². The number of ether oxygens (including phenoxy) is 1. The average molecular weight is 452 g/mol. The molecule has 0 aliphatic carbocycles. The van der Waals surface area contributed by atoms with E-state index in [1.54, 1.807) is 0 Å². The van der Waals surface area contributed by atoms with Crippen LogP contribution in [0.4, 0.5) is 5.69 Å². The number of para-hydroxylation sites is 1. The Kier molecular flexibility index (Phi) is 8.87. The number of carbonyl (C=O) groups is 3. The molecule has 2 amide bonds. The van der Waals surface area contributed by atoms with Crippen LogP contribution in [0.1, 0.15) is 25.3 Å². The number of rotatable bonds is 9. The van der Waals surface area contributed by atoms with Crippen molar-refractivity contribution in [2.24, 2.45) is 5.92 Å². The largest absolute Gasteiger partial charge is 0.467 e. The number of nitrogens with zero attached hydrogens (tertiary/aromatic N) is 2. The van der Waals surface area contributed by atoms with Crippen molar-refractivity contribution < 1.29 is 19.1 Å². The van der Waals surface area contributed by atoms with Crippen molar-refractivity contribution in [2.75, 3.05) is 38.2 Å². The lowest BCUT2D eigenvalue weighted by Crippen LogP contribution is -2.49. The predicted octanol–water partition coefficient (Wildman–Crippen LogP) is 2.65. The minimum absolute atomic E-state index is 0.0665. The van der Waals surface area contributed by atoms with Crippen LogP contribution in [0, 0.1) is 5.92 Å². The van der Waals surface area contributed by atoms with Crippen LogP contribution in [-0.4, -0.2) is 62.0 Å². The fraction of sp³-hybridized carbons (Fsp3) is 0.423. The second-order valence-corrected chi connectivity index (χ2v) is 8.55. The molecule has 3 rings (SSSR count). The van der Waals surface area contributed by atoms with Gasteiger partial charge in [-0.15, -0.1) is 0 Å². The van der Waals surface area contributed by atoms with Crippen molar-refractivity contribution in [3.63, 3.8) is 0 Å². The monoisotopic (exact) mass is 451 g/mol. The summed E-state index contributed by atoms with van der Waals surface area (Å²) in [4.78, 5) is 41.6. The Bertz CT molecular complexity index is 912. The van der Waals surface area contributed by atoms with Gasteiger partial charge in [0.25, 0.3) is 0 Å². The fourth-order valence-electron chi connectivity index (χ4n) is 4.11. The molecule has 176 valence electrons. The van der Waals surface area contributed by atoms with E-state index in [4.69, 9.17) is 4.74 Å². The molecule has 1 N–H and O–H groups in total. The van der Waals surface area contributed by atoms with Gasteiger partial charge in [-0.2, -0.15) is 0 Å². The summed E-state index contributed by atoms with van der Waals surface area (Å²) in [6.07, 6.45) is 0.844. The van der Waals surface area contributed by atoms with Gasteiger partial charge in [-0.1, -0.05) is 55.5 Å². The van der Waals surface area contributed by atoms with Crippen LogP contribution < -0.4 is 10.2 Å². The number of benzene rings is 2. The average Bonchev–Trinajstić information content (AvgIpc) is 2.84. The summed E-state index contributed by atoms with van der Waals surface area (Å²) >= 11 is 0. The maximum atomic E-state index is 12.8. The van der Waals surface area contributed by atoms with Crippen molar-refractivity contribution in [1.82, 2.24) is 10.2 Å². The lowest BCUT2D eigenvalue weighted by atomic mass is 10.0. The van der Waals surface area contributed by atoms with Crippen molar-refractivity contribution in [3.05, 3.63) is 66.2 Å². The molecule has 1 saturated heterocycles. The number of methoxy groups -OCH3 is 1. The maximum Gasteiger partial charge on any atom is 0.328 e. The van der Waals surface area contributed by atoms with Crippen molar-refractivity contribution in [2.45, 2.75) is 32.2 Å². The molecule has 0 aromatic heterocycles. The fourth-order valence-corrected chi connectivity index (χ4v) is 4.11. The van der Waals surface area contributed by atoms with Gasteiger partial charge in [0, 0.05) is 51.1 Å². The smallest absolute Gasteiger partial charge is 0.328 e. The molecule has 0 saturated carbocycles. The van der Waals surface area contributed by atoms with E-state index in [1.165, 1.54) is 12.8 Å². The highest BCUT2D eigenvalue weighted by Crippen LogP contribution is 2.17. The van der Waals surface area contributed by atoms with E-state index in [9.17, 15) is 14.4 Å². The second kappa shape index (κ2) is 12.0. The van der Waals surface area contributed by atoms with E-state index < -0.39 is 12.0 Å². The Labute approximate surface area is 195 Å². The Morgan fingerprint density at radius 2 is 1.52 bits per heavy atom. The van der Waals surface area contributed by atoms with Gasteiger partial charge in [0.15, 0.2) is 0 Å². The van der Waals surface area contributed by atoms with Crippen LogP contribution in [-0.2, 0) is 25.5 Å². The highest BCUT2D eigenvalue weighted by molar-refractivity contribution is 5.85. The number of carbonyl (C=O) groups excluding carboxylic acids is 3. The number of hydrogen-bond acceptors (Lipinski definition) is 5. The highest BCUT2D eigenvalue weighted by atomic mass is 16.5. The molecule has 2 aromatic rings. The quantitative estimate of drug-likeness (QED) is 0.593. The first-order valence-corrected chi connectivity index (χ1v) is 11.4. The van der Waals surface area contributed by atoms with E-state index in [0.29, 0.717) is 25.9 Å². The Balaban J connectivity index is 1.45. The lowest BCUT2D eigenvalue weighted by molar-refractivity contribution is -0.145. The van der Waals surface area contributed by atoms with E-state index >= 15 is 0 Å². The zero-order valence-electron chi connectivity index (χ0n) is 19.4. The van der Waals surface area contributed by atoms with Gasteiger partial charge in [0.1, 0.15) is 6.04 Å². The zero-order valence-corrected chi connectivity index (χ0v) is 19.4. The van der Waals surface area contributed by atoms with Gasteiger partial charge < -0.3 is 19.9 Å². The van der Waals surface area contributed by atoms with E-state index in [-0.39, 0.29) is 24.2 Å². The number of nitrogens with one attached hydrogen (secondary N) is 1. The lowest BCUT2D eigenvalue weighted by Gasteiger charge is -2.36. The molecule has 7 nitrogen and oxygen atoms in total. The van der Waals surface area contributed by atoms with Crippen LogP contribution in [0.25, 0.3) is 0 Å². The third-order valence-corrected chi connectivity index (χ3v) is 5.91. The van der Waals surface area contributed by atoms with E-state index in [2.05, 4.69) is 22.3 Å². The number of amides is 2. The summed E-state index contributed by atoms with van der Waals surface area (Å²) in [6.45, 7) is 4.83. The minimum atomic E-state index is -0.751. The number of piperazine rings is 1. The molecule has 2 aromatic carbocycles. The molecular weight excluding hydrogens is 418 g/mol. The van der Waals surface area contributed by atoms with Gasteiger partial charge in [-0.05, 0) is 23.6 Å². The SMILES string of the molecule is COC(=O)C(Cc1ccccc1)NC(=O)CC(C)CC(=O)N1CCN(c2ccccc2)CC1. The Hall–Kier alpha value is -3.35. The standard InChI is InChI=1S/C26H33N3O4/c1-20(17-24(30)27-23(26(32)33-2)19-21-9-5-3-6-10-21)18-25(31)29-15-13-28(14-16-29)22-11-7-4-8-12-22/h3-12,20,23H,13-19H2,1-2H3,(H,27,30). The minimum Gasteiger partial charge on any atom is -0.467 e. The number of anilines is 1. The van der Waals surface area contributed by atoms with E-state index in [0.717, 1.165) is 18.7 Å². The van der Waals surface area contributed by atoms with Crippen molar-refractivity contribution in [1.29, 1.82) is 0 Å². The zero-order chi connectivity index (χ0) is 23.6. The van der Waals surface area contributed by atoms with Crippen molar-refractivity contribution >= 4 is 23.5 Å². The molecule has 33 heavy (non-hydrogen) atoms.